The minimum atomic E-state index is -0.218. The number of carbonyl (C=O) groups is 1. The Morgan fingerprint density at radius 3 is 2.67 bits per heavy atom. The molecular formula is C25H24N4O3S. The third-order valence-electron chi connectivity index (χ3n) is 4.95. The number of nitrogens with one attached hydrogen (secondary N) is 1. The lowest BCUT2D eigenvalue weighted by molar-refractivity contribution is -0.113. The van der Waals surface area contributed by atoms with E-state index >= 15 is 0 Å². The van der Waals surface area contributed by atoms with Gasteiger partial charge in [-0.3, -0.25) is 14.2 Å². The summed E-state index contributed by atoms with van der Waals surface area (Å²) in [5.74, 6) is 0.478. The smallest absolute Gasteiger partial charge is 0.263 e. The summed E-state index contributed by atoms with van der Waals surface area (Å²) in [4.78, 5) is 34.7. The number of fused-ring (bicyclic) bond motifs is 1. The van der Waals surface area contributed by atoms with Gasteiger partial charge in [-0.1, -0.05) is 53.7 Å². The van der Waals surface area contributed by atoms with E-state index in [1.54, 1.807) is 29.0 Å². The first-order valence-corrected chi connectivity index (χ1v) is 11.6. The molecule has 0 saturated carbocycles. The van der Waals surface area contributed by atoms with Gasteiger partial charge in [-0.2, -0.15) is 0 Å². The Bertz CT molecular complexity index is 1340. The Balaban J connectivity index is 1.59. The maximum absolute atomic E-state index is 13.2. The number of benzene rings is 2. The van der Waals surface area contributed by atoms with Crippen molar-refractivity contribution in [3.05, 3.63) is 88.3 Å². The van der Waals surface area contributed by atoms with Crippen molar-refractivity contribution < 1.29 is 9.53 Å². The van der Waals surface area contributed by atoms with Crippen molar-refractivity contribution in [3.63, 3.8) is 0 Å². The number of carbonyl (C=O) groups excluding carboxylic acids is 1. The van der Waals surface area contributed by atoms with E-state index in [0.717, 1.165) is 11.1 Å². The first-order valence-electron chi connectivity index (χ1n) is 10.6. The monoisotopic (exact) mass is 460 g/mol. The van der Waals surface area contributed by atoms with Gasteiger partial charge in [0.2, 0.25) is 5.91 Å². The number of aromatic nitrogens is 3. The molecular weight excluding hydrogens is 436 g/mol. The van der Waals surface area contributed by atoms with Gasteiger partial charge < -0.3 is 10.1 Å². The largest absolute Gasteiger partial charge is 0.492 e. The molecule has 0 radical (unpaired) electrons. The van der Waals surface area contributed by atoms with Gasteiger partial charge >= 0.3 is 0 Å². The van der Waals surface area contributed by atoms with E-state index in [-0.39, 0.29) is 17.2 Å². The summed E-state index contributed by atoms with van der Waals surface area (Å²) in [5.41, 5.74) is 2.91. The van der Waals surface area contributed by atoms with Gasteiger partial charge in [0.25, 0.3) is 5.56 Å². The number of para-hydroxylation sites is 2. The van der Waals surface area contributed by atoms with Crippen LogP contribution >= 0.6 is 11.8 Å². The fraction of sp³-hybridized carbons (Fsp3) is 0.200. The standard InChI is InChI=1S/C25H24N4O3S/c1-3-32-21-9-5-4-8-20(21)27-22(30)16-33-25-28-23-19(7-6-14-26-23)24(31)29(25)15-18-12-10-17(2)11-13-18/h4-14H,3,15-16H2,1-2H3,(H,27,30). The number of hydrogen-bond acceptors (Lipinski definition) is 6. The quantitative estimate of drug-likeness (QED) is 0.312. The van der Waals surface area contributed by atoms with Gasteiger partial charge in [-0.15, -0.1) is 0 Å². The van der Waals surface area contributed by atoms with Crippen LogP contribution in [-0.2, 0) is 11.3 Å². The molecule has 0 aliphatic rings. The van der Waals surface area contributed by atoms with Crippen LogP contribution in [-0.4, -0.2) is 32.8 Å². The summed E-state index contributed by atoms with van der Waals surface area (Å²) in [5, 5.41) is 3.77. The van der Waals surface area contributed by atoms with Gasteiger partial charge in [0, 0.05) is 6.20 Å². The lowest BCUT2D eigenvalue weighted by atomic mass is 10.1. The molecule has 1 amide bonds. The summed E-state index contributed by atoms with van der Waals surface area (Å²) in [6.07, 6.45) is 1.60. The molecule has 2 heterocycles. The van der Waals surface area contributed by atoms with E-state index in [1.807, 2.05) is 56.3 Å². The number of nitrogens with zero attached hydrogens (tertiary/aromatic N) is 3. The van der Waals surface area contributed by atoms with Crippen molar-refractivity contribution in [1.29, 1.82) is 0 Å². The lowest BCUT2D eigenvalue weighted by Crippen LogP contribution is -2.25. The van der Waals surface area contributed by atoms with Crippen LogP contribution in [0.15, 0.2) is 76.8 Å². The molecule has 7 nitrogen and oxygen atoms in total. The molecule has 8 heteroatoms. The fourth-order valence-corrected chi connectivity index (χ4v) is 4.12. The van der Waals surface area contributed by atoms with Crippen LogP contribution in [0.2, 0.25) is 0 Å². The van der Waals surface area contributed by atoms with Crippen molar-refractivity contribution in [2.24, 2.45) is 0 Å². The van der Waals surface area contributed by atoms with Gasteiger partial charge in [-0.05, 0) is 43.7 Å². The van der Waals surface area contributed by atoms with Crippen molar-refractivity contribution in [1.82, 2.24) is 14.5 Å². The molecule has 0 aliphatic heterocycles. The molecule has 0 unspecified atom stereocenters. The maximum atomic E-state index is 13.2. The molecule has 168 valence electrons. The fourth-order valence-electron chi connectivity index (χ4n) is 3.33. The molecule has 0 aliphatic carbocycles. The third kappa shape index (κ3) is 5.40. The van der Waals surface area contributed by atoms with Crippen LogP contribution in [0.25, 0.3) is 11.0 Å². The van der Waals surface area contributed by atoms with Gasteiger partial charge in [-0.25, -0.2) is 9.97 Å². The highest BCUT2D eigenvalue weighted by atomic mass is 32.2. The summed E-state index contributed by atoms with van der Waals surface area (Å²) in [6.45, 7) is 4.76. The first-order chi connectivity index (χ1) is 16.0. The average Bonchev–Trinajstić information content (AvgIpc) is 2.82. The molecule has 4 aromatic rings. The molecule has 0 saturated heterocycles. The topological polar surface area (TPSA) is 86.1 Å². The van der Waals surface area contributed by atoms with E-state index in [9.17, 15) is 9.59 Å². The highest BCUT2D eigenvalue weighted by molar-refractivity contribution is 7.99. The molecule has 2 aromatic heterocycles. The summed E-state index contributed by atoms with van der Waals surface area (Å²) in [7, 11) is 0. The van der Waals surface area contributed by atoms with Gasteiger partial charge in [0.1, 0.15) is 5.75 Å². The zero-order valence-corrected chi connectivity index (χ0v) is 19.3. The normalized spacial score (nSPS) is 10.8. The van der Waals surface area contributed by atoms with E-state index in [1.165, 1.54) is 11.8 Å². The van der Waals surface area contributed by atoms with Crippen LogP contribution in [0.1, 0.15) is 18.1 Å². The number of aryl methyl sites for hydroxylation is 1. The molecule has 0 spiro atoms. The van der Waals surface area contributed by atoms with Crippen LogP contribution in [0.5, 0.6) is 5.75 Å². The van der Waals surface area contributed by atoms with Crippen molar-refractivity contribution in [2.45, 2.75) is 25.5 Å². The lowest BCUT2D eigenvalue weighted by Gasteiger charge is -2.14. The van der Waals surface area contributed by atoms with Gasteiger partial charge in [0.15, 0.2) is 10.8 Å². The summed E-state index contributed by atoms with van der Waals surface area (Å²) in [6, 6.07) is 18.7. The highest BCUT2D eigenvalue weighted by Gasteiger charge is 2.15. The molecule has 0 bridgehead atoms. The van der Waals surface area contributed by atoms with E-state index < -0.39 is 0 Å². The predicted octanol–water partition coefficient (Wildman–Crippen LogP) is 4.28. The Labute approximate surface area is 195 Å². The second kappa shape index (κ2) is 10.3. The zero-order valence-electron chi connectivity index (χ0n) is 18.4. The van der Waals surface area contributed by atoms with Crippen LogP contribution in [0.3, 0.4) is 0 Å². The minimum Gasteiger partial charge on any atom is -0.492 e. The summed E-state index contributed by atoms with van der Waals surface area (Å²) >= 11 is 1.20. The van der Waals surface area contributed by atoms with Crippen molar-refractivity contribution in [3.8, 4) is 5.75 Å². The molecule has 4 rings (SSSR count). The SMILES string of the molecule is CCOc1ccccc1NC(=O)CSc1nc2ncccc2c(=O)n1Cc1ccc(C)cc1. The number of rotatable bonds is 8. The Kier molecular flexibility index (Phi) is 7.04. The number of amides is 1. The van der Waals surface area contributed by atoms with E-state index in [0.29, 0.717) is 40.8 Å². The molecule has 2 aromatic carbocycles. The number of anilines is 1. The molecule has 1 N–H and O–H groups in total. The number of ether oxygens (including phenoxy) is 1. The highest BCUT2D eigenvalue weighted by Crippen LogP contribution is 2.25. The predicted molar refractivity (Wildman–Crippen MR) is 131 cm³/mol. The number of pyridine rings is 1. The zero-order chi connectivity index (χ0) is 23.2. The minimum absolute atomic E-state index is 0.0825. The Morgan fingerprint density at radius 1 is 1.09 bits per heavy atom. The second-order valence-electron chi connectivity index (χ2n) is 7.41. The van der Waals surface area contributed by atoms with Crippen molar-refractivity contribution >= 4 is 34.4 Å². The maximum Gasteiger partial charge on any atom is 0.263 e. The number of thioether (sulfide) groups is 1. The van der Waals surface area contributed by atoms with E-state index in [2.05, 4.69) is 15.3 Å². The first kappa shape index (κ1) is 22.5. The summed E-state index contributed by atoms with van der Waals surface area (Å²) < 4.78 is 7.17. The Hall–Kier alpha value is -3.65. The van der Waals surface area contributed by atoms with Crippen LogP contribution in [0.4, 0.5) is 5.69 Å². The van der Waals surface area contributed by atoms with E-state index in [4.69, 9.17) is 4.74 Å². The van der Waals surface area contributed by atoms with Gasteiger partial charge in [0.05, 0.1) is 30.0 Å². The average molecular weight is 461 g/mol. The molecule has 0 atom stereocenters. The molecule has 0 fully saturated rings. The second-order valence-corrected chi connectivity index (χ2v) is 8.35. The van der Waals surface area contributed by atoms with Crippen LogP contribution in [0, 0.1) is 6.92 Å². The third-order valence-corrected chi connectivity index (χ3v) is 5.93. The van der Waals surface area contributed by atoms with Crippen molar-refractivity contribution in [2.75, 3.05) is 17.7 Å². The number of hydrogen-bond donors (Lipinski definition) is 1. The molecule has 33 heavy (non-hydrogen) atoms. The Morgan fingerprint density at radius 2 is 1.88 bits per heavy atom. The van der Waals surface area contributed by atoms with Crippen LogP contribution < -0.4 is 15.6 Å².